The zero-order chi connectivity index (χ0) is 15.5. The molecule has 8 heteroatoms. The van der Waals surface area contributed by atoms with Crippen molar-refractivity contribution in [1.82, 2.24) is 14.9 Å². The molecule has 0 radical (unpaired) electrons. The number of aromatic nitrogens is 3. The van der Waals surface area contributed by atoms with E-state index < -0.39 is 5.91 Å². The molecule has 1 amide bonds. The quantitative estimate of drug-likeness (QED) is 0.742. The zero-order valence-corrected chi connectivity index (χ0v) is 11.8. The van der Waals surface area contributed by atoms with Gasteiger partial charge < -0.3 is 19.4 Å². The van der Waals surface area contributed by atoms with E-state index in [0.29, 0.717) is 23.0 Å². The molecule has 0 saturated heterocycles. The molecule has 0 spiro atoms. The van der Waals surface area contributed by atoms with E-state index in [0.717, 1.165) is 0 Å². The maximum Gasteiger partial charge on any atom is 0.278 e. The van der Waals surface area contributed by atoms with Crippen molar-refractivity contribution < 1.29 is 18.8 Å². The van der Waals surface area contributed by atoms with Gasteiger partial charge in [-0.05, 0) is 19.1 Å². The number of aliphatic hydroxyl groups excluding tert-OH is 1. The molecule has 0 unspecified atom stereocenters. The van der Waals surface area contributed by atoms with Crippen molar-refractivity contribution in [3.05, 3.63) is 42.0 Å². The van der Waals surface area contributed by atoms with E-state index in [1.807, 2.05) is 0 Å². The molecule has 0 saturated carbocycles. The van der Waals surface area contributed by atoms with Crippen LogP contribution in [0.2, 0.25) is 0 Å². The first-order chi connectivity index (χ1) is 10.7. The van der Waals surface area contributed by atoms with Crippen LogP contribution >= 0.6 is 0 Å². The van der Waals surface area contributed by atoms with Crippen molar-refractivity contribution in [1.29, 1.82) is 0 Å². The topological polar surface area (TPSA) is 106 Å². The van der Waals surface area contributed by atoms with Gasteiger partial charge in [-0.25, -0.2) is 4.68 Å². The molecular weight excluding hydrogens is 288 g/mol. The number of nitrogens with one attached hydrogen (secondary N) is 1. The van der Waals surface area contributed by atoms with Crippen molar-refractivity contribution in [2.24, 2.45) is 0 Å². The lowest BCUT2D eigenvalue weighted by molar-refractivity contribution is 0.101. The van der Waals surface area contributed by atoms with Gasteiger partial charge in [0, 0.05) is 12.1 Å². The first-order valence-electron chi connectivity index (χ1n) is 6.64. The predicted octanol–water partition coefficient (Wildman–Crippen LogP) is 1.68. The summed E-state index contributed by atoms with van der Waals surface area (Å²) in [7, 11) is 0. The van der Waals surface area contributed by atoms with Crippen molar-refractivity contribution in [3.8, 4) is 11.5 Å². The van der Waals surface area contributed by atoms with Crippen molar-refractivity contribution >= 4 is 11.7 Å². The number of nitrogens with zero attached hydrogens (tertiary/aromatic N) is 3. The Hall–Kier alpha value is -2.87. The monoisotopic (exact) mass is 302 g/mol. The maximum atomic E-state index is 12.1. The van der Waals surface area contributed by atoms with Gasteiger partial charge in [0.25, 0.3) is 5.91 Å². The van der Waals surface area contributed by atoms with E-state index in [2.05, 4.69) is 15.6 Å². The summed E-state index contributed by atoms with van der Waals surface area (Å²) >= 11 is 0. The fraction of sp³-hybridized carbons (Fsp3) is 0.214. The fourth-order valence-corrected chi connectivity index (χ4v) is 1.98. The molecule has 114 valence electrons. The third kappa shape index (κ3) is 2.77. The molecule has 3 aromatic heterocycles. The fourth-order valence-electron chi connectivity index (χ4n) is 1.98. The van der Waals surface area contributed by atoms with Crippen molar-refractivity contribution in [3.63, 3.8) is 0 Å². The summed E-state index contributed by atoms with van der Waals surface area (Å²) in [5, 5.41) is 19.8. The minimum absolute atomic E-state index is 0.106. The molecule has 0 aliphatic carbocycles. The van der Waals surface area contributed by atoms with Gasteiger partial charge >= 0.3 is 0 Å². The van der Waals surface area contributed by atoms with Crippen LogP contribution in [-0.2, 0) is 6.54 Å². The Morgan fingerprint density at radius 2 is 2.32 bits per heavy atom. The molecule has 22 heavy (non-hydrogen) atoms. The standard InChI is InChI=1S/C14H14N4O4/c1-9-7-11(17-22-9)14(20)15-13-8-10(12-3-2-6-21-12)16-18(13)4-5-19/h2-3,6-8,19H,4-5H2,1H3,(H,15,20). The highest BCUT2D eigenvalue weighted by Gasteiger charge is 2.16. The SMILES string of the molecule is Cc1cc(C(=O)Nc2cc(-c3ccco3)nn2CCO)no1. The van der Waals surface area contributed by atoms with E-state index in [9.17, 15) is 4.79 Å². The predicted molar refractivity (Wildman–Crippen MR) is 76.2 cm³/mol. The number of carbonyl (C=O) groups excluding carboxylic acids is 1. The number of anilines is 1. The van der Waals surface area contributed by atoms with Gasteiger partial charge in [0.15, 0.2) is 11.5 Å². The Morgan fingerprint density at radius 1 is 1.45 bits per heavy atom. The van der Waals surface area contributed by atoms with E-state index >= 15 is 0 Å². The first-order valence-corrected chi connectivity index (χ1v) is 6.64. The van der Waals surface area contributed by atoms with Gasteiger partial charge in [-0.15, -0.1) is 0 Å². The van der Waals surface area contributed by atoms with Crippen LogP contribution in [0.4, 0.5) is 5.82 Å². The second-order valence-electron chi connectivity index (χ2n) is 4.62. The number of aryl methyl sites for hydroxylation is 1. The second kappa shape index (κ2) is 5.86. The average Bonchev–Trinajstić information content (AvgIpc) is 3.20. The first kappa shape index (κ1) is 14.1. The van der Waals surface area contributed by atoms with Crippen LogP contribution in [0.5, 0.6) is 0 Å². The Morgan fingerprint density at radius 3 is 2.95 bits per heavy atom. The summed E-state index contributed by atoms with van der Waals surface area (Å²) < 4.78 is 11.6. The summed E-state index contributed by atoms with van der Waals surface area (Å²) in [6.45, 7) is 1.84. The van der Waals surface area contributed by atoms with Crippen LogP contribution in [0, 0.1) is 6.92 Å². The molecule has 0 atom stereocenters. The van der Waals surface area contributed by atoms with Gasteiger partial charge in [0.2, 0.25) is 0 Å². The van der Waals surface area contributed by atoms with E-state index in [1.165, 1.54) is 17.0 Å². The number of furan rings is 1. The van der Waals surface area contributed by atoms with Crippen LogP contribution in [0.3, 0.4) is 0 Å². The van der Waals surface area contributed by atoms with Crippen molar-refractivity contribution in [2.75, 3.05) is 11.9 Å². The van der Waals surface area contributed by atoms with Crippen LogP contribution in [0.25, 0.3) is 11.5 Å². The number of hydrogen-bond donors (Lipinski definition) is 2. The molecular formula is C14H14N4O4. The maximum absolute atomic E-state index is 12.1. The van der Waals surface area contributed by atoms with Crippen molar-refractivity contribution in [2.45, 2.75) is 13.5 Å². The summed E-state index contributed by atoms with van der Waals surface area (Å²) in [4.78, 5) is 12.1. The zero-order valence-electron chi connectivity index (χ0n) is 11.8. The smallest absolute Gasteiger partial charge is 0.278 e. The van der Waals surface area contributed by atoms with Gasteiger partial charge in [-0.3, -0.25) is 4.79 Å². The van der Waals surface area contributed by atoms with E-state index in [1.54, 1.807) is 25.1 Å². The highest BCUT2D eigenvalue weighted by molar-refractivity contribution is 6.02. The minimum atomic E-state index is -0.415. The van der Waals surface area contributed by atoms with Crippen LogP contribution in [-0.4, -0.2) is 32.6 Å². The Bertz CT molecular complexity index is 773. The van der Waals surface area contributed by atoms with Crippen LogP contribution in [0.1, 0.15) is 16.2 Å². The normalized spacial score (nSPS) is 10.8. The number of carbonyl (C=O) groups is 1. The summed E-state index contributed by atoms with van der Waals surface area (Å²) in [6.07, 6.45) is 1.54. The Balaban J connectivity index is 1.87. The number of rotatable bonds is 5. The molecule has 0 aromatic carbocycles. The van der Waals surface area contributed by atoms with Gasteiger partial charge in [-0.1, -0.05) is 5.16 Å². The molecule has 0 aliphatic rings. The van der Waals surface area contributed by atoms with Crippen LogP contribution in [0.15, 0.2) is 39.5 Å². The minimum Gasteiger partial charge on any atom is -0.463 e. The highest BCUT2D eigenvalue weighted by Crippen LogP contribution is 2.22. The van der Waals surface area contributed by atoms with Gasteiger partial charge in [-0.2, -0.15) is 5.10 Å². The summed E-state index contributed by atoms with van der Waals surface area (Å²) in [5.74, 6) is 1.14. The molecule has 0 fully saturated rings. The molecule has 0 aliphatic heterocycles. The lowest BCUT2D eigenvalue weighted by Gasteiger charge is -2.05. The van der Waals surface area contributed by atoms with E-state index in [4.69, 9.17) is 14.0 Å². The Labute approximate surface area is 125 Å². The van der Waals surface area contributed by atoms with Gasteiger partial charge in [0.1, 0.15) is 17.3 Å². The number of amides is 1. The number of hydrogen-bond acceptors (Lipinski definition) is 6. The van der Waals surface area contributed by atoms with Gasteiger partial charge in [0.05, 0.1) is 19.4 Å². The average molecular weight is 302 g/mol. The molecule has 0 bridgehead atoms. The van der Waals surface area contributed by atoms with E-state index in [-0.39, 0.29) is 18.8 Å². The number of aliphatic hydroxyl groups is 1. The third-order valence-electron chi connectivity index (χ3n) is 2.97. The van der Waals surface area contributed by atoms with Crippen LogP contribution < -0.4 is 5.32 Å². The lowest BCUT2D eigenvalue weighted by atomic mass is 10.3. The molecule has 3 rings (SSSR count). The molecule has 8 nitrogen and oxygen atoms in total. The summed E-state index contributed by atoms with van der Waals surface area (Å²) in [6, 6.07) is 6.71. The lowest BCUT2D eigenvalue weighted by Crippen LogP contribution is -2.17. The molecule has 2 N–H and O–H groups in total. The molecule has 3 heterocycles. The summed E-state index contributed by atoms with van der Waals surface area (Å²) in [5.41, 5.74) is 0.735. The second-order valence-corrected chi connectivity index (χ2v) is 4.62. The third-order valence-corrected chi connectivity index (χ3v) is 2.97. The largest absolute Gasteiger partial charge is 0.463 e. The Kier molecular flexibility index (Phi) is 3.75. The highest BCUT2D eigenvalue weighted by atomic mass is 16.5. The molecule has 3 aromatic rings.